The van der Waals surface area contributed by atoms with Crippen LogP contribution in [0.15, 0.2) is 27.7 Å². The van der Waals surface area contributed by atoms with Crippen molar-refractivity contribution >= 4 is 48.4 Å². The average molecular weight is 391 g/mol. The van der Waals surface area contributed by atoms with Crippen LogP contribution in [0.5, 0.6) is 0 Å². The lowest BCUT2D eigenvalue weighted by atomic mass is 10.1. The molecule has 0 atom stereocenters. The van der Waals surface area contributed by atoms with Gasteiger partial charge in [0.05, 0.1) is 10.5 Å². The van der Waals surface area contributed by atoms with E-state index in [-0.39, 0.29) is 15.6 Å². The summed E-state index contributed by atoms with van der Waals surface area (Å²) in [6, 6.07) is 2.50. The predicted molar refractivity (Wildman–Crippen MR) is 83.5 cm³/mol. The first-order valence-electron chi connectivity index (χ1n) is 5.69. The highest BCUT2D eigenvalue weighted by atomic mass is 79.9. The number of carboxylic acid groups (broad SMARTS) is 1. The first-order valence-corrected chi connectivity index (χ1v) is 8.78. The molecule has 0 aliphatic heterocycles. The minimum absolute atomic E-state index is 0.0694. The fourth-order valence-corrected chi connectivity index (χ4v) is 4.18. The van der Waals surface area contributed by atoms with Crippen LogP contribution in [-0.2, 0) is 10.0 Å². The molecule has 0 unspecified atom stereocenters. The van der Waals surface area contributed by atoms with Gasteiger partial charge >= 0.3 is 5.97 Å². The highest BCUT2D eigenvalue weighted by Gasteiger charge is 2.21. The van der Waals surface area contributed by atoms with Gasteiger partial charge in [-0.25, -0.2) is 18.2 Å². The first-order chi connectivity index (χ1) is 9.70. The first kappa shape index (κ1) is 15.9. The smallest absolute Gasteiger partial charge is 0.336 e. The highest BCUT2D eigenvalue weighted by Crippen LogP contribution is 2.27. The number of hydrogen-bond donors (Lipinski definition) is 2. The summed E-state index contributed by atoms with van der Waals surface area (Å²) in [6.45, 7) is 3.40. The molecule has 0 saturated carbocycles. The largest absolute Gasteiger partial charge is 0.478 e. The number of sulfonamides is 1. The van der Waals surface area contributed by atoms with Gasteiger partial charge in [-0.15, -0.1) is 11.3 Å². The quantitative estimate of drug-likeness (QED) is 0.835. The summed E-state index contributed by atoms with van der Waals surface area (Å²) >= 11 is 4.38. The second kappa shape index (κ2) is 5.74. The Balaban J connectivity index is 2.47. The Hall–Kier alpha value is -1.45. The normalized spacial score (nSPS) is 11.4. The third kappa shape index (κ3) is 3.42. The van der Waals surface area contributed by atoms with E-state index >= 15 is 0 Å². The zero-order valence-corrected chi connectivity index (χ0v) is 14.3. The maximum Gasteiger partial charge on any atom is 0.336 e. The predicted octanol–water partition coefficient (Wildman–Crippen LogP) is 3.02. The molecule has 2 rings (SSSR count). The molecule has 6 nitrogen and oxygen atoms in total. The number of hydrogen-bond acceptors (Lipinski definition) is 5. The van der Waals surface area contributed by atoms with Crippen LogP contribution < -0.4 is 4.72 Å². The van der Waals surface area contributed by atoms with E-state index in [1.807, 2.05) is 0 Å². The van der Waals surface area contributed by atoms with Crippen molar-refractivity contribution < 1.29 is 18.3 Å². The van der Waals surface area contributed by atoms with E-state index in [0.717, 1.165) is 10.9 Å². The molecular formula is C12H11BrN2O4S2. The summed E-state index contributed by atoms with van der Waals surface area (Å²) in [5, 5.41) is 9.36. The zero-order chi connectivity index (χ0) is 15.8. The van der Waals surface area contributed by atoms with Gasteiger partial charge in [0.25, 0.3) is 10.0 Å². The van der Waals surface area contributed by atoms with E-state index in [9.17, 15) is 13.2 Å². The lowest BCUT2D eigenvalue weighted by Gasteiger charge is -2.09. The van der Waals surface area contributed by atoms with Gasteiger partial charge in [0, 0.05) is 15.5 Å². The highest BCUT2D eigenvalue weighted by molar-refractivity contribution is 9.10. The Kier molecular flexibility index (Phi) is 4.35. The molecule has 0 amide bonds. The van der Waals surface area contributed by atoms with Crippen LogP contribution in [0, 0.1) is 13.8 Å². The number of nitrogens with one attached hydrogen (secondary N) is 1. The third-order valence-electron chi connectivity index (χ3n) is 2.70. The van der Waals surface area contributed by atoms with Gasteiger partial charge in [0.2, 0.25) is 0 Å². The lowest BCUT2D eigenvalue weighted by molar-refractivity contribution is 0.0695. The van der Waals surface area contributed by atoms with Crippen LogP contribution in [0.4, 0.5) is 5.13 Å². The summed E-state index contributed by atoms with van der Waals surface area (Å²) < 4.78 is 27.3. The molecule has 0 aliphatic rings. The van der Waals surface area contributed by atoms with Crippen molar-refractivity contribution in [2.75, 3.05) is 4.72 Å². The summed E-state index contributed by atoms with van der Waals surface area (Å²) in [4.78, 5) is 15.8. The van der Waals surface area contributed by atoms with E-state index < -0.39 is 16.0 Å². The number of carboxylic acids is 1. The monoisotopic (exact) mass is 390 g/mol. The average Bonchev–Trinajstić information content (AvgIpc) is 2.76. The SMILES string of the molecule is Cc1cnc(NS(=O)(=O)c2cc(Br)c(C)c(C(=O)O)c2)s1. The van der Waals surface area contributed by atoms with Crippen LogP contribution >= 0.6 is 27.3 Å². The number of halogens is 1. The number of aromatic nitrogens is 1. The molecule has 9 heteroatoms. The number of thiazole rings is 1. The second-order valence-corrected chi connectivity index (χ2v) is 8.04. The fourth-order valence-electron chi connectivity index (χ4n) is 1.61. The fraction of sp³-hybridized carbons (Fsp3) is 0.167. The summed E-state index contributed by atoms with van der Waals surface area (Å²) in [5.74, 6) is -1.18. The van der Waals surface area contributed by atoms with Gasteiger partial charge in [0.1, 0.15) is 0 Å². The van der Waals surface area contributed by atoms with Crippen molar-refractivity contribution in [2.45, 2.75) is 18.7 Å². The molecular weight excluding hydrogens is 380 g/mol. The van der Waals surface area contributed by atoms with Crippen LogP contribution in [0.1, 0.15) is 20.8 Å². The molecule has 0 bridgehead atoms. The Morgan fingerprint density at radius 3 is 2.57 bits per heavy atom. The molecule has 0 radical (unpaired) electrons. The second-order valence-electron chi connectivity index (χ2n) is 4.26. The summed E-state index contributed by atoms with van der Waals surface area (Å²) in [6.07, 6.45) is 1.55. The number of benzene rings is 1. The molecule has 1 heterocycles. The number of nitrogens with zero attached hydrogens (tertiary/aromatic N) is 1. The molecule has 1 aromatic carbocycles. The summed E-state index contributed by atoms with van der Waals surface area (Å²) in [5.41, 5.74) is 0.395. The zero-order valence-electron chi connectivity index (χ0n) is 11.0. The third-order valence-corrected chi connectivity index (χ3v) is 5.80. The molecule has 0 fully saturated rings. The van der Waals surface area contributed by atoms with Gasteiger partial charge in [-0.1, -0.05) is 15.9 Å². The van der Waals surface area contributed by atoms with Crippen molar-refractivity contribution in [2.24, 2.45) is 0 Å². The maximum atomic E-state index is 12.3. The van der Waals surface area contributed by atoms with E-state index in [1.54, 1.807) is 20.0 Å². The van der Waals surface area contributed by atoms with E-state index in [4.69, 9.17) is 5.11 Å². The minimum atomic E-state index is -3.89. The van der Waals surface area contributed by atoms with Crippen LogP contribution in [0.3, 0.4) is 0 Å². The number of rotatable bonds is 4. The Morgan fingerprint density at radius 2 is 2.05 bits per heavy atom. The molecule has 0 saturated heterocycles. The van der Waals surface area contributed by atoms with Crippen molar-refractivity contribution in [3.8, 4) is 0 Å². The number of aromatic carboxylic acids is 1. The molecule has 2 aromatic rings. The van der Waals surface area contributed by atoms with E-state index in [0.29, 0.717) is 10.0 Å². The Labute approximate surface area is 134 Å². The standard InChI is InChI=1S/C12H11BrN2O4S2/c1-6-5-14-12(20-6)15-21(18,19)8-3-9(11(16)17)7(2)10(13)4-8/h3-5H,1-2H3,(H,14,15)(H,16,17). The molecule has 112 valence electrons. The molecule has 2 N–H and O–H groups in total. The van der Waals surface area contributed by atoms with Crippen LogP contribution in [-0.4, -0.2) is 24.5 Å². The molecule has 0 aliphatic carbocycles. The van der Waals surface area contributed by atoms with Crippen molar-refractivity contribution in [1.82, 2.24) is 4.98 Å². The van der Waals surface area contributed by atoms with Gasteiger partial charge in [-0.3, -0.25) is 4.72 Å². The number of anilines is 1. The van der Waals surface area contributed by atoms with E-state index in [1.165, 1.54) is 17.4 Å². The van der Waals surface area contributed by atoms with E-state index in [2.05, 4.69) is 25.6 Å². The van der Waals surface area contributed by atoms with Gasteiger partial charge in [-0.2, -0.15) is 0 Å². The minimum Gasteiger partial charge on any atom is -0.478 e. The Morgan fingerprint density at radius 1 is 1.38 bits per heavy atom. The lowest BCUT2D eigenvalue weighted by Crippen LogP contribution is -2.14. The van der Waals surface area contributed by atoms with Crippen molar-refractivity contribution in [3.05, 3.63) is 38.8 Å². The number of aryl methyl sites for hydroxylation is 1. The number of carbonyl (C=O) groups is 1. The summed E-state index contributed by atoms with van der Waals surface area (Å²) in [7, 11) is -3.89. The molecule has 21 heavy (non-hydrogen) atoms. The topological polar surface area (TPSA) is 96.4 Å². The maximum absolute atomic E-state index is 12.3. The molecule has 0 spiro atoms. The van der Waals surface area contributed by atoms with Gasteiger partial charge in [0.15, 0.2) is 5.13 Å². The van der Waals surface area contributed by atoms with Gasteiger partial charge < -0.3 is 5.11 Å². The van der Waals surface area contributed by atoms with Crippen LogP contribution in [0.2, 0.25) is 0 Å². The van der Waals surface area contributed by atoms with Crippen LogP contribution in [0.25, 0.3) is 0 Å². The van der Waals surface area contributed by atoms with Crippen molar-refractivity contribution in [3.63, 3.8) is 0 Å². The van der Waals surface area contributed by atoms with Gasteiger partial charge in [-0.05, 0) is 31.5 Å². The molecule has 1 aromatic heterocycles. The van der Waals surface area contributed by atoms with Crippen molar-refractivity contribution in [1.29, 1.82) is 0 Å². The Bertz CT molecular complexity index is 815.